The van der Waals surface area contributed by atoms with Gasteiger partial charge in [0.05, 0.1) is 0 Å². The van der Waals surface area contributed by atoms with Crippen LogP contribution in [0.5, 0.6) is 0 Å². The Morgan fingerprint density at radius 3 is 2.21 bits per heavy atom. The highest BCUT2D eigenvalue weighted by atomic mass is 15.1. The fourth-order valence-electron chi connectivity index (χ4n) is 2.50. The lowest BCUT2D eigenvalue weighted by molar-refractivity contribution is 0.978. The zero-order chi connectivity index (χ0) is 13.4. The van der Waals surface area contributed by atoms with E-state index in [2.05, 4.69) is 85.2 Å². The van der Waals surface area contributed by atoms with Gasteiger partial charge in [0.15, 0.2) is 0 Å². The van der Waals surface area contributed by atoms with Gasteiger partial charge in [-0.3, -0.25) is 0 Å². The van der Waals surface area contributed by atoms with Gasteiger partial charge in [0, 0.05) is 43.4 Å². The molecule has 1 aromatic heterocycles. The molecule has 0 aliphatic heterocycles. The lowest BCUT2D eigenvalue weighted by Crippen LogP contribution is -2.08. The van der Waals surface area contributed by atoms with Crippen molar-refractivity contribution in [2.75, 3.05) is 19.0 Å². The smallest absolute Gasteiger partial charge is 0.0488 e. The molecule has 0 unspecified atom stereocenters. The summed E-state index contributed by atoms with van der Waals surface area (Å²) in [5.74, 6) is 0. The minimum absolute atomic E-state index is 1.22. The Bertz CT molecular complexity index is 706. The van der Waals surface area contributed by atoms with Crippen LogP contribution in [-0.4, -0.2) is 18.7 Å². The standard InChI is InChI=1S/C17H18N2/c1-18(2)15-10-8-13(9-11-15)17-12-14-6-4-5-7-16(14)19(17)3/h4-12H,1-3H3. The van der Waals surface area contributed by atoms with E-state index in [-0.39, 0.29) is 0 Å². The molecule has 0 aliphatic rings. The van der Waals surface area contributed by atoms with E-state index in [0.717, 1.165) is 0 Å². The summed E-state index contributed by atoms with van der Waals surface area (Å²) in [4.78, 5) is 2.12. The number of hydrogen-bond acceptors (Lipinski definition) is 1. The van der Waals surface area contributed by atoms with Gasteiger partial charge in [-0.05, 0) is 29.8 Å². The van der Waals surface area contributed by atoms with E-state index in [4.69, 9.17) is 0 Å². The van der Waals surface area contributed by atoms with Crippen molar-refractivity contribution in [3.63, 3.8) is 0 Å². The largest absolute Gasteiger partial charge is 0.378 e. The van der Waals surface area contributed by atoms with E-state index in [9.17, 15) is 0 Å². The van der Waals surface area contributed by atoms with Crippen LogP contribution in [0.15, 0.2) is 54.6 Å². The summed E-state index contributed by atoms with van der Waals surface area (Å²) in [5.41, 5.74) is 5.01. The molecular formula is C17H18N2. The Labute approximate surface area is 113 Å². The van der Waals surface area contributed by atoms with Crippen molar-refractivity contribution in [2.24, 2.45) is 7.05 Å². The van der Waals surface area contributed by atoms with Crippen LogP contribution in [-0.2, 0) is 7.05 Å². The second kappa shape index (κ2) is 4.47. The average Bonchev–Trinajstić information content (AvgIpc) is 2.77. The fraction of sp³-hybridized carbons (Fsp3) is 0.176. The van der Waals surface area contributed by atoms with Crippen molar-refractivity contribution in [3.8, 4) is 11.3 Å². The average molecular weight is 250 g/mol. The Morgan fingerprint density at radius 2 is 1.58 bits per heavy atom. The van der Waals surface area contributed by atoms with Crippen molar-refractivity contribution >= 4 is 16.6 Å². The van der Waals surface area contributed by atoms with Gasteiger partial charge in [-0.25, -0.2) is 0 Å². The predicted molar refractivity (Wildman–Crippen MR) is 82.7 cm³/mol. The second-order valence-corrected chi connectivity index (χ2v) is 5.09. The summed E-state index contributed by atoms with van der Waals surface area (Å²) in [6.45, 7) is 0. The first kappa shape index (κ1) is 11.8. The van der Waals surface area contributed by atoms with Gasteiger partial charge in [-0.1, -0.05) is 30.3 Å². The van der Waals surface area contributed by atoms with Gasteiger partial charge in [0.1, 0.15) is 0 Å². The Balaban J connectivity index is 2.11. The first-order chi connectivity index (χ1) is 9.16. The van der Waals surface area contributed by atoms with Crippen LogP contribution in [0.25, 0.3) is 22.2 Å². The zero-order valence-electron chi connectivity index (χ0n) is 11.6. The minimum atomic E-state index is 1.22. The van der Waals surface area contributed by atoms with Crippen LogP contribution >= 0.6 is 0 Å². The molecule has 0 spiro atoms. The van der Waals surface area contributed by atoms with E-state index < -0.39 is 0 Å². The van der Waals surface area contributed by atoms with Gasteiger partial charge >= 0.3 is 0 Å². The summed E-state index contributed by atoms with van der Waals surface area (Å²) in [7, 11) is 6.25. The molecule has 2 aromatic carbocycles. The summed E-state index contributed by atoms with van der Waals surface area (Å²) in [6.07, 6.45) is 0. The molecule has 0 saturated carbocycles. The van der Waals surface area contributed by atoms with Gasteiger partial charge < -0.3 is 9.47 Å². The molecule has 0 amide bonds. The highest BCUT2D eigenvalue weighted by molar-refractivity contribution is 5.87. The van der Waals surface area contributed by atoms with E-state index in [1.807, 2.05) is 0 Å². The van der Waals surface area contributed by atoms with E-state index in [1.54, 1.807) is 0 Å². The Morgan fingerprint density at radius 1 is 0.895 bits per heavy atom. The van der Waals surface area contributed by atoms with Crippen LogP contribution in [0, 0.1) is 0 Å². The molecule has 96 valence electrons. The monoisotopic (exact) mass is 250 g/mol. The van der Waals surface area contributed by atoms with Crippen LogP contribution in [0.1, 0.15) is 0 Å². The predicted octanol–water partition coefficient (Wildman–Crippen LogP) is 3.91. The van der Waals surface area contributed by atoms with Gasteiger partial charge in [-0.15, -0.1) is 0 Å². The third-order valence-electron chi connectivity index (χ3n) is 3.63. The maximum atomic E-state index is 2.25. The summed E-state index contributed by atoms with van der Waals surface area (Å²) >= 11 is 0. The van der Waals surface area contributed by atoms with E-state index >= 15 is 0 Å². The lowest BCUT2D eigenvalue weighted by atomic mass is 10.1. The summed E-state index contributed by atoms with van der Waals surface area (Å²) in [6, 6.07) is 19.4. The van der Waals surface area contributed by atoms with Crippen LogP contribution in [0.2, 0.25) is 0 Å². The normalized spacial score (nSPS) is 10.9. The molecule has 1 heterocycles. The minimum Gasteiger partial charge on any atom is -0.378 e. The number of fused-ring (bicyclic) bond motifs is 1. The third-order valence-corrected chi connectivity index (χ3v) is 3.63. The molecule has 3 aromatic rings. The molecule has 2 heteroatoms. The highest BCUT2D eigenvalue weighted by Gasteiger charge is 2.07. The number of nitrogens with zero attached hydrogens (tertiary/aromatic N) is 2. The SMILES string of the molecule is CN(C)c1ccc(-c2cc3ccccc3n2C)cc1. The lowest BCUT2D eigenvalue weighted by Gasteiger charge is -2.13. The topological polar surface area (TPSA) is 8.17 Å². The van der Waals surface area contributed by atoms with Crippen molar-refractivity contribution in [2.45, 2.75) is 0 Å². The van der Waals surface area contributed by atoms with Crippen LogP contribution in [0.4, 0.5) is 5.69 Å². The molecule has 0 bridgehead atoms. The molecule has 0 radical (unpaired) electrons. The quantitative estimate of drug-likeness (QED) is 0.669. The molecule has 19 heavy (non-hydrogen) atoms. The Hall–Kier alpha value is -2.22. The van der Waals surface area contributed by atoms with E-state index in [1.165, 1.54) is 27.8 Å². The van der Waals surface area contributed by atoms with Gasteiger partial charge in [0.2, 0.25) is 0 Å². The molecule has 0 aliphatic carbocycles. The number of benzene rings is 2. The number of aryl methyl sites for hydroxylation is 1. The number of rotatable bonds is 2. The van der Waals surface area contributed by atoms with Gasteiger partial charge in [0.25, 0.3) is 0 Å². The third kappa shape index (κ3) is 1.99. The first-order valence-electron chi connectivity index (χ1n) is 6.49. The summed E-state index contributed by atoms with van der Waals surface area (Å²) in [5, 5.41) is 1.29. The second-order valence-electron chi connectivity index (χ2n) is 5.09. The first-order valence-corrected chi connectivity index (χ1v) is 6.49. The zero-order valence-corrected chi connectivity index (χ0v) is 11.6. The maximum Gasteiger partial charge on any atom is 0.0488 e. The van der Waals surface area contributed by atoms with Crippen molar-refractivity contribution in [1.82, 2.24) is 4.57 Å². The number of hydrogen-bond donors (Lipinski definition) is 0. The molecule has 0 atom stereocenters. The Kier molecular flexibility index (Phi) is 2.79. The molecule has 0 N–H and O–H groups in total. The van der Waals surface area contributed by atoms with Crippen molar-refractivity contribution in [1.29, 1.82) is 0 Å². The molecule has 3 rings (SSSR count). The maximum absolute atomic E-state index is 2.25. The molecule has 2 nitrogen and oxygen atoms in total. The van der Waals surface area contributed by atoms with Crippen molar-refractivity contribution in [3.05, 3.63) is 54.6 Å². The highest BCUT2D eigenvalue weighted by Crippen LogP contribution is 2.28. The van der Waals surface area contributed by atoms with Gasteiger partial charge in [-0.2, -0.15) is 0 Å². The number of aromatic nitrogens is 1. The van der Waals surface area contributed by atoms with Crippen molar-refractivity contribution < 1.29 is 0 Å². The molecule has 0 saturated heterocycles. The van der Waals surface area contributed by atoms with E-state index in [0.29, 0.717) is 0 Å². The van der Waals surface area contributed by atoms with Crippen LogP contribution in [0.3, 0.4) is 0 Å². The number of para-hydroxylation sites is 1. The number of anilines is 1. The molecule has 0 fully saturated rings. The van der Waals surface area contributed by atoms with Crippen LogP contribution < -0.4 is 4.90 Å². The fourth-order valence-corrected chi connectivity index (χ4v) is 2.50. The molecular weight excluding hydrogens is 232 g/mol. The summed E-state index contributed by atoms with van der Waals surface area (Å²) < 4.78 is 2.25.